The molecule has 0 radical (unpaired) electrons. The lowest BCUT2D eigenvalue weighted by molar-refractivity contribution is -0.134. The van der Waals surface area contributed by atoms with Crippen LogP contribution in [0.5, 0.6) is 0 Å². The van der Waals surface area contributed by atoms with Crippen molar-refractivity contribution in [1.82, 2.24) is 9.21 Å². The van der Waals surface area contributed by atoms with E-state index in [1.54, 1.807) is 28.6 Å². The number of hydrogen-bond acceptors (Lipinski definition) is 3. The number of halogens is 1. The van der Waals surface area contributed by atoms with Gasteiger partial charge < -0.3 is 4.90 Å². The van der Waals surface area contributed by atoms with Crippen LogP contribution in [0.1, 0.15) is 71.1 Å². The molecule has 166 valence electrons. The van der Waals surface area contributed by atoms with Gasteiger partial charge in [0.2, 0.25) is 15.9 Å². The number of carbonyl (C=O) groups excluding carboxylic acids is 1. The van der Waals surface area contributed by atoms with Gasteiger partial charge in [0.1, 0.15) is 0 Å². The molecule has 4 rings (SSSR count). The molecule has 0 spiro atoms. The zero-order chi connectivity index (χ0) is 21.4. The molecule has 30 heavy (non-hydrogen) atoms. The first-order valence-corrected chi connectivity index (χ1v) is 13.3. The number of carbonyl (C=O) groups is 1. The highest BCUT2D eigenvalue weighted by molar-refractivity contribution is 7.89. The summed E-state index contributed by atoms with van der Waals surface area (Å²) in [5.41, 5.74) is -0.193. The van der Waals surface area contributed by atoms with E-state index in [0.717, 1.165) is 64.5 Å². The van der Waals surface area contributed by atoms with Crippen LogP contribution in [0, 0.1) is 5.41 Å². The number of likely N-dealkylation sites (tertiary alicyclic amines) is 1. The van der Waals surface area contributed by atoms with Crippen LogP contribution in [-0.2, 0) is 14.8 Å². The minimum Gasteiger partial charge on any atom is -0.343 e. The van der Waals surface area contributed by atoms with Gasteiger partial charge >= 0.3 is 0 Å². The van der Waals surface area contributed by atoms with Crippen molar-refractivity contribution < 1.29 is 13.2 Å². The monoisotopic (exact) mass is 452 g/mol. The minimum absolute atomic E-state index is 0.00742. The molecule has 1 saturated carbocycles. The van der Waals surface area contributed by atoms with Gasteiger partial charge in [-0.1, -0.05) is 24.9 Å². The maximum absolute atomic E-state index is 13.7. The Morgan fingerprint density at radius 2 is 1.73 bits per heavy atom. The Bertz CT molecular complexity index is 861. The maximum Gasteiger partial charge on any atom is 0.243 e. The maximum atomic E-state index is 13.7. The van der Waals surface area contributed by atoms with Gasteiger partial charge in [0.15, 0.2) is 0 Å². The van der Waals surface area contributed by atoms with Gasteiger partial charge in [-0.25, -0.2) is 8.42 Å². The first-order chi connectivity index (χ1) is 14.4. The molecule has 2 heterocycles. The number of nitrogens with zero attached hydrogens (tertiary/aromatic N) is 2. The molecule has 0 aromatic heterocycles. The molecule has 3 fully saturated rings. The fraction of sp³-hybridized carbons (Fsp3) is 0.696. The Morgan fingerprint density at radius 3 is 2.33 bits per heavy atom. The highest BCUT2D eigenvalue weighted by atomic mass is 35.5. The van der Waals surface area contributed by atoms with E-state index in [-0.39, 0.29) is 23.4 Å². The second-order valence-corrected chi connectivity index (χ2v) is 11.6. The van der Waals surface area contributed by atoms with E-state index in [1.165, 1.54) is 6.42 Å². The van der Waals surface area contributed by atoms with Gasteiger partial charge in [-0.15, -0.1) is 0 Å². The number of sulfonamides is 1. The van der Waals surface area contributed by atoms with Crippen LogP contribution in [0.3, 0.4) is 0 Å². The third-order valence-corrected chi connectivity index (χ3v) is 9.58. The van der Waals surface area contributed by atoms with Crippen molar-refractivity contribution in [3.8, 4) is 0 Å². The largest absolute Gasteiger partial charge is 0.343 e. The molecule has 1 amide bonds. The lowest BCUT2D eigenvalue weighted by atomic mass is 9.83. The lowest BCUT2D eigenvalue weighted by Gasteiger charge is -2.45. The van der Waals surface area contributed by atoms with Crippen LogP contribution < -0.4 is 0 Å². The molecule has 3 aliphatic rings. The number of benzene rings is 1. The molecule has 0 unspecified atom stereocenters. The summed E-state index contributed by atoms with van der Waals surface area (Å²) >= 11 is 6.00. The SMILES string of the molecule is CC[C@@H]1CCC[C@H](C2(CC(=O)N3CCCCC3)CC2)N1S(=O)(=O)c1ccc(Cl)cc1. The summed E-state index contributed by atoms with van der Waals surface area (Å²) in [7, 11) is -3.64. The molecule has 2 atom stereocenters. The van der Waals surface area contributed by atoms with Crippen molar-refractivity contribution in [3.63, 3.8) is 0 Å². The molecule has 1 aliphatic carbocycles. The summed E-state index contributed by atoms with van der Waals surface area (Å²) in [6.45, 7) is 3.77. The lowest BCUT2D eigenvalue weighted by Crippen LogP contribution is -2.54. The third kappa shape index (κ3) is 4.28. The molecule has 2 aliphatic heterocycles. The number of piperidine rings is 2. The fourth-order valence-corrected chi connectivity index (χ4v) is 7.61. The van der Waals surface area contributed by atoms with E-state index in [2.05, 4.69) is 6.92 Å². The summed E-state index contributed by atoms with van der Waals surface area (Å²) in [6.07, 6.45) is 9.28. The Balaban J connectivity index is 1.61. The van der Waals surface area contributed by atoms with Crippen molar-refractivity contribution in [3.05, 3.63) is 29.3 Å². The van der Waals surface area contributed by atoms with Crippen molar-refractivity contribution in [2.24, 2.45) is 5.41 Å². The van der Waals surface area contributed by atoms with Gasteiger partial charge in [-0.2, -0.15) is 4.31 Å². The number of amides is 1. The van der Waals surface area contributed by atoms with Crippen LogP contribution in [0.4, 0.5) is 0 Å². The zero-order valence-corrected chi connectivity index (χ0v) is 19.4. The van der Waals surface area contributed by atoms with Crippen molar-refractivity contribution in [2.45, 2.75) is 88.1 Å². The summed E-state index contributed by atoms with van der Waals surface area (Å²) in [6, 6.07) is 6.39. The predicted octanol–water partition coefficient (Wildman–Crippen LogP) is 4.84. The van der Waals surface area contributed by atoms with Gasteiger partial charge in [-0.3, -0.25) is 4.79 Å². The Kier molecular flexibility index (Phi) is 6.48. The highest BCUT2D eigenvalue weighted by Crippen LogP contribution is 2.57. The highest BCUT2D eigenvalue weighted by Gasteiger charge is 2.57. The average Bonchev–Trinajstić information content (AvgIpc) is 3.54. The molecule has 0 bridgehead atoms. The van der Waals surface area contributed by atoms with E-state index in [9.17, 15) is 13.2 Å². The minimum atomic E-state index is -3.64. The first kappa shape index (κ1) is 22.1. The molecule has 2 saturated heterocycles. The number of rotatable bonds is 6. The first-order valence-electron chi connectivity index (χ1n) is 11.4. The van der Waals surface area contributed by atoms with Gasteiger partial charge in [-0.05, 0) is 81.0 Å². The molecule has 1 aromatic carbocycles. The van der Waals surface area contributed by atoms with Crippen LogP contribution in [0.15, 0.2) is 29.2 Å². The smallest absolute Gasteiger partial charge is 0.243 e. The van der Waals surface area contributed by atoms with E-state index < -0.39 is 10.0 Å². The third-order valence-electron chi connectivity index (χ3n) is 7.35. The normalized spacial score (nSPS) is 27.1. The zero-order valence-electron chi connectivity index (χ0n) is 17.9. The Morgan fingerprint density at radius 1 is 1.07 bits per heavy atom. The fourth-order valence-electron chi connectivity index (χ4n) is 5.45. The molecular weight excluding hydrogens is 420 g/mol. The summed E-state index contributed by atoms with van der Waals surface area (Å²) in [5, 5.41) is 0.530. The number of hydrogen-bond donors (Lipinski definition) is 0. The summed E-state index contributed by atoms with van der Waals surface area (Å²) in [4.78, 5) is 15.4. The molecule has 0 N–H and O–H groups in total. The van der Waals surface area contributed by atoms with Crippen LogP contribution in [0.25, 0.3) is 0 Å². The molecule has 5 nitrogen and oxygen atoms in total. The van der Waals surface area contributed by atoms with Crippen LogP contribution in [0.2, 0.25) is 5.02 Å². The second kappa shape index (κ2) is 8.79. The van der Waals surface area contributed by atoms with Crippen LogP contribution in [-0.4, -0.2) is 48.7 Å². The topological polar surface area (TPSA) is 57.7 Å². The van der Waals surface area contributed by atoms with Gasteiger partial charge in [0.05, 0.1) is 4.90 Å². The van der Waals surface area contributed by atoms with Gasteiger partial charge in [0.25, 0.3) is 0 Å². The van der Waals surface area contributed by atoms with Crippen LogP contribution >= 0.6 is 11.6 Å². The van der Waals surface area contributed by atoms with E-state index in [0.29, 0.717) is 16.3 Å². The molecule has 1 aromatic rings. The van der Waals surface area contributed by atoms with Crippen molar-refractivity contribution in [1.29, 1.82) is 0 Å². The Hall–Kier alpha value is -1.11. The second-order valence-electron chi connectivity index (χ2n) is 9.28. The van der Waals surface area contributed by atoms with Gasteiger partial charge in [0, 0.05) is 36.6 Å². The van der Waals surface area contributed by atoms with E-state index in [1.807, 2.05) is 4.90 Å². The predicted molar refractivity (Wildman–Crippen MR) is 119 cm³/mol. The van der Waals surface area contributed by atoms with E-state index in [4.69, 9.17) is 11.6 Å². The molecular formula is C23H33ClN2O3S. The standard InChI is InChI=1S/C23H33ClN2O3S/c1-2-19-7-6-8-21(26(19)30(28,29)20-11-9-18(24)10-12-20)23(13-14-23)17-22(27)25-15-4-3-5-16-25/h9-12,19,21H,2-8,13-17H2,1H3/t19-,21-/m1/s1. The average molecular weight is 453 g/mol. The summed E-state index contributed by atoms with van der Waals surface area (Å²) in [5.74, 6) is 0.217. The quantitative estimate of drug-likeness (QED) is 0.620. The van der Waals surface area contributed by atoms with E-state index >= 15 is 0 Å². The summed E-state index contributed by atoms with van der Waals surface area (Å²) < 4.78 is 29.2. The molecule has 7 heteroatoms. The van der Waals surface area contributed by atoms with Crippen molar-refractivity contribution >= 4 is 27.5 Å². The van der Waals surface area contributed by atoms with Crippen molar-refractivity contribution in [2.75, 3.05) is 13.1 Å². The Labute approximate surface area is 185 Å².